The summed E-state index contributed by atoms with van der Waals surface area (Å²) in [4.78, 5) is 36.8. The third kappa shape index (κ3) is 7.59. The Morgan fingerprint density at radius 1 is 1.17 bits per heavy atom. The van der Waals surface area contributed by atoms with Crippen molar-refractivity contribution >= 4 is 29.8 Å². The van der Waals surface area contributed by atoms with E-state index >= 15 is 0 Å². The summed E-state index contributed by atoms with van der Waals surface area (Å²) in [7, 11) is 1.70. The number of hydrogen-bond acceptors (Lipinski definition) is 5. The topological polar surface area (TPSA) is 95.9 Å². The van der Waals surface area contributed by atoms with Crippen LogP contribution < -0.4 is 5.32 Å². The summed E-state index contributed by atoms with van der Waals surface area (Å²) >= 11 is 5.80. The molecule has 0 saturated heterocycles. The van der Waals surface area contributed by atoms with E-state index in [1.54, 1.807) is 36.2 Å². The Labute approximate surface area is 180 Å². The zero-order chi connectivity index (χ0) is 21.9. The van der Waals surface area contributed by atoms with E-state index in [0.717, 1.165) is 5.56 Å². The number of ether oxygens (including phenoxy) is 1. The van der Waals surface area contributed by atoms with Crippen LogP contribution in [0.15, 0.2) is 54.6 Å². The van der Waals surface area contributed by atoms with Crippen LogP contribution in [-0.2, 0) is 20.7 Å². The Kier molecular flexibility index (Phi) is 9.47. The van der Waals surface area contributed by atoms with Gasteiger partial charge < -0.3 is 15.2 Å². The fraction of sp³-hybridized carbons (Fsp3) is 0.318. The van der Waals surface area contributed by atoms with Gasteiger partial charge in [-0.2, -0.15) is 0 Å². The monoisotopic (exact) mass is 432 g/mol. The fourth-order valence-electron chi connectivity index (χ4n) is 2.76. The van der Waals surface area contributed by atoms with Crippen LogP contribution in [0.1, 0.15) is 22.3 Å². The highest BCUT2D eigenvalue weighted by Crippen LogP contribution is 2.10. The smallest absolute Gasteiger partial charge is 0.332 e. The summed E-state index contributed by atoms with van der Waals surface area (Å²) in [5.41, 5.74) is 1.52. The van der Waals surface area contributed by atoms with Crippen LogP contribution in [0.3, 0.4) is 0 Å². The Morgan fingerprint density at radius 3 is 2.43 bits per heavy atom. The van der Waals surface area contributed by atoms with E-state index in [1.807, 2.05) is 30.3 Å². The van der Waals surface area contributed by atoms with Gasteiger partial charge in [0.2, 0.25) is 0 Å². The van der Waals surface area contributed by atoms with E-state index in [-0.39, 0.29) is 18.9 Å². The van der Waals surface area contributed by atoms with Crippen molar-refractivity contribution in [2.45, 2.75) is 25.2 Å². The maximum absolute atomic E-state index is 12.1. The lowest BCUT2D eigenvalue weighted by Crippen LogP contribution is -2.42. The third-order valence-electron chi connectivity index (χ3n) is 4.52. The number of aldehydes is 1. The molecular formula is C22H25ClN2O5. The van der Waals surface area contributed by atoms with Crippen LogP contribution in [0.4, 0.5) is 0 Å². The van der Waals surface area contributed by atoms with Crippen LogP contribution in [0.25, 0.3) is 0 Å². The molecule has 0 heterocycles. The fourth-order valence-corrected chi connectivity index (χ4v) is 2.88. The lowest BCUT2D eigenvalue weighted by molar-refractivity contribution is -0.164. The number of hydrogen-bond donors (Lipinski definition) is 2. The molecule has 0 spiro atoms. The first-order valence-corrected chi connectivity index (χ1v) is 9.90. The van der Waals surface area contributed by atoms with E-state index in [1.165, 1.54) is 0 Å². The first kappa shape index (κ1) is 23.5. The van der Waals surface area contributed by atoms with Crippen molar-refractivity contribution in [2.24, 2.45) is 0 Å². The number of aliphatic carboxylic acids is 1. The largest absolute Gasteiger partial charge is 0.479 e. The number of amides is 1. The summed E-state index contributed by atoms with van der Waals surface area (Å²) in [5.74, 6) is -1.54. The van der Waals surface area contributed by atoms with E-state index < -0.39 is 18.3 Å². The molecule has 0 fully saturated rings. The average molecular weight is 433 g/mol. The average Bonchev–Trinajstić information content (AvgIpc) is 2.75. The second-order valence-corrected chi connectivity index (χ2v) is 7.19. The summed E-state index contributed by atoms with van der Waals surface area (Å²) in [6, 6.07) is 16.1. The van der Waals surface area contributed by atoms with Gasteiger partial charge in [0, 0.05) is 30.1 Å². The van der Waals surface area contributed by atoms with Crippen molar-refractivity contribution in [3.8, 4) is 0 Å². The Balaban J connectivity index is 1.84. The molecule has 1 amide bonds. The van der Waals surface area contributed by atoms with Gasteiger partial charge in [0.15, 0.2) is 18.6 Å². The number of carbonyl (C=O) groups excluding carboxylic acids is 2. The number of carboxylic acids is 1. The molecule has 0 aliphatic carbocycles. The molecule has 0 aliphatic heterocycles. The minimum absolute atomic E-state index is 0.0194. The van der Waals surface area contributed by atoms with Crippen molar-refractivity contribution in [1.29, 1.82) is 0 Å². The number of nitrogens with one attached hydrogen (secondary N) is 1. The van der Waals surface area contributed by atoms with E-state index in [0.29, 0.717) is 29.8 Å². The van der Waals surface area contributed by atoms with Gasteiger partial charge >= 0.3 is 5.97 Å². The van der Waals surface area contributed by atoms with Gasteiger partial charge in [0.25, 0.3) is 5.91 Å². The van der Waals surface area contributed by atoms with Gasteiger partial charge in [-0.15, -0.1) is 0 Å². The molecule has 8 heteroatoms. The van der Waals surface area contributed by atoms with Gasteiger partial charge in [-0.1, -0.05) is 41.9 Å². The molecule has 0 bridgehead atoms. The maximum atomic E-state index is 12.1. The van der Waals surface area contributed by atoms with Crippen molar-refractivity contribution in [3.05, 3.63) is 70.7 Å². The number of halogens is 1. The highest BCUT2D eigenvalue weighted by Gasteiger charge is 2.25. The van der Waals surface area contributed by atoms with Crippen LogP contribution in [0, 0.1) is 0 Å². The van der Waals surface area contributed by atoms with Gasteiger partial charge in [0.1, 0.15) is 0 Å². The van der Waals surface area contributed by atoms with Gasteiger partial charge in [0.05, 0.1) is 0 Å². The standard InChI is InChI=1S/C22H25ClN2O5/c1-25(14-12-16-5-3-2-4-6-16)20(15-26)30-19(22(28)29)11-13-24-21(27)17-7-9-18(23)10-8-17/h2-10,15,19-20H,11-14H2,1H3,(H,24,27)(H,28,29). The lowest BCUT2D eigenvalue weighted by atomic mass is 10.1. The minimum Gasteiger partial charge on any atom is -0.479 e. The summed E-state index contributed by atoms with van der Waals surface area (Å²) in [6.45, 7) is 0.602. The highest BCUT2D eigenvalue weighted by molar-refractivity contribution is 6.30. The number of benzene rings is 2. The van der Waals surface area contributed by atoms with Crippen LogP contribution in [-0.4, -0.2) is 60.6 Å². The SMILES string of the molecule is CN(CCc1ccccc1)C(C=O)OC(CCNC(=O)c1ccc(Cl)cc1)C(=O)O. The van der Waals surface area contributed by atoms with E-state index in [9.17, 15) is 19.5 Å². The lowest BCUT2D eigenvalue weighted by Gasteiger charge is -2.26. The Morgan fingerprint density at radius 2 is 1.83 bits per heavy atom. The number of nitrogens with zero attached hydrogens (tertiary/aromatic N) is 1. The number of likely N-dealkylation sites (N-methyl/N-ethyl adjacent to an activating group) is 1. The highest BCUT2D eigenvalue weighted by atomic mass is 35.5. The third-order valence-corrected chi connectivity index (χ3v) is 4.78. The van der Waals surface area contributed by atoms with E-state index in [4.69, 9.17) is 16.3 Å². The molecule has 0 saturated carbocycles. The van der Waals surface area contributed by atoms with Crippen LogP contribution in [0.2, 0.25) is 5.02 Å². The molecule has 0 aliphatic rings. The Hall–Kier alpha value is -2.74. The van der Waals surface area contributed by atoms with Gasteiger partial charge in [-0.25, -0.2) is 4.79 Å². The zero-order valence-electron chi connectivity index (χ0n) is 16.7. The van der Waals surface area contributed by atoms with E-state index in [2.05, 4.69) is 5.32 Å². The first-order valence-electron chi connectivity index (χ1n) is 9.52. The maximum Gasteiger partial charge on any atom is 0.332 e. The van der Waals surface area contributed by atoms with Crippen molar-refractivity contribution in [3.63, 3.8) is 0 Å². The van der Waals surface area contributed by atoms with Crippen LogP contribution in [0.5, 0.6) is 0 Å². The van der Waals surface area contributed by atoms with Crippen molar-refractivity contribution in [2.75, 3.05) is 20.1 Å². The van der Waals surface area contributed by atoms with Gasteiger partial charge in [-0.3, -0.25) is 14.5 Å². The molecule has 2 aromatic rings. The molecular weight excluding hydrogens is 408 g/mol. The minimum atomic E-state index is -1.23. The predicted molar refractivity (Wildman–Crippen MR) is 114 cm³/mol. The van der Waals surface area contributed by atoms with Crippen molar-refractivity contribution in [1.82, 2.24) is 10.2 Å². The molecule has 2 unspecified atom stereocenters. The first-order chi connectivity index (χ1) is 14.4. The molecule has 160 valence electrons. The summed E-state index contributed by atoms with van der Waals surface area (Å²) in [6.07, 6.45) is -0.940. The molecule has 2 aromatic carbocycles. The normalized spacial score (nSPS) is 12.9. The molecule has 7 nitrogen and oxygen atoms in total. The molecule has 0 aromatic heterocycles. The summed E-state index contributed by atoms with van der Waals surface area (Å²) < 4.78 is 5.50. The summed E-state index contributed by atoms with van der Waals surface area (Å²) in [5, 5.41) is 12.6. The molecule has 2 N–H and O–H groups in total. The second-order valence-electron chi connectivity index (χ2n) is 6.76. The predicted octanol–water partition coefficient (Wildman–Crippen LogP) is 2.63. The van der Waals surface area contributed by atoms with Crippen molar-refractivity contribution < 1.29 is 24.2 Å². The quantitative estimate of drug-likeness (QED) is 0.395. The zero-order valence-corrected chi connectivity index (χ0v) is 17.4. The molecule has 0 radical (unpaired) electrons. The molecule has 2 atom stereocenters. The Bertz CT molecular complexity index is 829. The number of carbonyl (C=O) groups is 3. The molecule has 30 heavy (non-hydrogen) atoms. The van der Waals surface area contributed by atoms with Gasteiger partial charge in [-0.05, 0) is 43.3 Å². The molecule has 2 rings (SSSR count). The second kappa shape index (κ2) is 12.1. The number of carboxylic acid groups (broad SMARTS) is 1. The number of rotatable bonds is 12. The van der Waals surface area contributed by atoms with Crippen LogP contribution >= 0.6 is 11.6 Å².